The summed E-state index contributed by atoms with van der Waals surface area (Å²) in [6.45, 7) is 4.69. The van der Waals surface area contributed by atoms with Crippen LogP contribution in [0.3, 0.4) is 0 Å². The van der Waals surface area contributed by atoms with Crippen LogP contribution in [0.4, 0.5) is 0 Å². The smallest absolute Gasteiger partial charge is 0.309 e. The molecule has 2 aliphatic carbocycles. The lowest BCUT2D eigenvalue weighted by Crippen LogP contribution is -2.14. The van der Waals surface area contributed by atoms with Gasteiger partial charge in [0.25, 0.3) is 0 Å². The van der Waals surface area contributed by atoms with Crippen molar-refractivity contribution in [1.82, 2.24) is 0 Å². The third kappa shape index (κ3) is 6.09. The quantitative estimate of drug-likeness (QED) is 0.343. The second-order valence-electron chi connectivity index (χ2n) is 10.1. The Labute approximate surface area is 172 Å². The van der Waals surface area contributed by atoms with Crippen molar-refractivity contribution in [3.05, 3.63) is 34.9 Å². The molecule has 0 aromatic heterocycles. The van der Waals surface area contributed by atoms with Crippen LogP contribution in [0.1, 0.15) is 107 Å². The lowest BCUT2D eigenvalue weighted by atomic mass is 9.92. The molecule has 156 valence electrons. The first-order valence-corrected chi connectivity index (χ1v) is 11.8. The number of benzene rings is 1. The number of carbonyl (C=O) groups is 1. The minimum absolute atomic E-state index is 0.343. The maximum Gasteiger partial charge on any atom is 0.309 e. The highest BCUT2D eigenvalue weighted by Gasteiger charge is 2.49. The van der Waals surface area contributed by atoms with E-state index in [0.717, 1.165) is 38.5 Å². The molecule has 1 aromatic carbocycles. The van der Waals surface area contributed by atoms with Crippen LogP contribution in [-0.2, 0) is 17.6 Å². The summed E-state index contributed by atoms with van der Waals surface area (Å²) in [6.07, 6.45) is 18.3. The van der Waals surface area contributed by atoms with Gasteiger partial charge in [0, 0.05) is 0 Å². The Morgan fingerprint density at radius 3 is 2.21 bits per heavy atom. The Hall–Kier alpha value is -1.31. The van der Waals surface area contributed by atoms with Crippen molar-refractivity contribution in [3.8, 4) is 0 Å². The van der Waals surface area contributed by atoms with Gasteiger partial charge in [-0.25, -0.2) is 0 Å². The summed E-state index contributed by atoms with van der Waals surface area (Å²) >= 11 is 0. The minimum Gasteiger partial charge on any atom is -0.481 e. The highest BCUT2D eigenvalue weighted by Crippen LogP contribution is 2.50. The van der Waals surface area contributed by atoms with E-state index in [0.29, 0.717) is 5.41 Å². The van der Waals surface area contributed by atoms with E-state index in [9.17, 15) is 9.90 Å². The molecule has 3 rings (SSSR count). The molecule has 1 aromatic rings. The number of hydrogen-bond acceptors (Lipinski definition) is 1. The molecule has 28 heavy (non-hydrogen) atoms. The summed E-state index contributed by atoms with van der Waals surface area (Å²) < 4.78 is 0. The Kier molecular flexibility index (Phi) is 7.23. The van der Waals surface area contributed by atoms with Gasteiger partial charge in [0.05, 0.1) is 5.41 Å². The molecule has 0 bridgehead atoms. The van der Waals surface area contributed by atoms with Crippen molar-refractivity contribution >= 4 is 5.97 Å². The number of rotatable bonds is 14. The van der Waals surface area contributed by atoms with Gasteiger partial charge < -0.3 is 5.11 Å². The second-order valence-corrected chi connectivity index (χ2v) is 10.1. The van der Waals surface area contributed by atoms with Crippen molar-refractivity contribution in [1.29, 1.82) is 0 Å². The summed E-state index contributed by atoms with van der Waals surface area (Å²) in [6, 6.07) is 6.79. The molecule has 2 nitrogen and oxygen atoms in total. The summed E-state index contributed by atoms with van der Waals surface area (Å²) in [4.78, 5) is 11.3. The highest BCUT2D eigenvalue weighted by atomic mass is 16.4. The SMILES string of the molecule is Cc1cccc(CCCCCCC2(C)CC2)c1CCCCCC1(C(=O)O)CC1. The normalized spacial score (nSPS) is 18.8. The average molecular weight is 385 g/mol. The first-order chi connectivity index (χ1) is 13.4. The number of carboxylic acids is 1. The van der Waals surface area contributed by atoms with E-state index in [4.69, 9.17) is 0 Å². The van der Waals surface area contributed by atoms with Gasteiger partial charge >= 0.3 is 5.97 Å². The molecule has 2 fully saturated rings. The van der Waals surface area contributed by atoms with Gasteiger partial charge in [-0.1, -0.05) is 57.2 Å². The minimum atomic E-state index is -0.570. The number of carboxylic acid groups (broad SMARTS) is 1. The molecule has 0 radical (unpaired) electrons. The van der Waals surface area contributed by atoms with Crippen LogP contribution in [-0.4, -0.2) is 11.1 Å². The van der Waals surface area contributed by atoms with Gasteiger partial charge in [-0.05, 0) is 93.2 Å². The van der Waals surface area contributed by atoms with Crippen molar-refractivity contribution in [2.24, 2.45) is 10.8 Å². The average Bonchev–Trinajstić information content (AvgIpc) is 3.58. The van der Waals surface area contributed by atoms with Crippen molar-refractivity contribution in [3.63, 3.8) is 0 Å². The molecule has 2 saturated carbocycles. The van der Waals surface area contributed by atoms with Gasteiger partial charge in [0.1, 0.15) is 0 Å². The fraction of sp³-hybridized carbons (Fsp3) is 0.731. The molecule has 0 atom stereocenters. The van der Waals surface area contributed by atoms with Crippen LogP contribution in [0.5, 0.6) is 0 Å². The molecule has 1 N–H and O–H groups in total. The second kappa shape index (κ2) is 9.46. The fourth-order valence-corrected chi connectivity index (χ4v) is 4.70. The predicted molar refractivity (Wildman–Crippen MR) is 117 cm³/mol. The number of unbranched alkanes of at least 4 members (excludes halogenated alkanes) is 5. The number of aryl methyl sites for hydroxylation is 2. The maximum atomic E-state index is 11.3. The first-order valence-electron chi connectivity index (χ1n) is 11.8. The first kappa shape index (κ1) is 21.4. The molecule has 0 unspecified atom stereocenters. The summed E-state index contributed by atoms with van der Waals surface area (Å²) in [5, 5.41) is 9.29. The summed E-state index contributed by atoms with van der Waals surface area (Å²) in [7, 11) is 0. The zero-order valence-corrected chi connectivity index (χ0v) is 18.2. The van der Waals surface area contributed by atoms with Gasteiger partial charge in [-0.2, -0.15) is 0 Å². The Morgan fingerprint density at radius 1 is 0.893 bits per heavy atom. The van der Waals surface area contributed by atoms with E-state index in [2.05, 4.69) is 32.0 Å². The predicted octanol–water partition coefficient (Wildman–Crippen LogP) is 7.26. The molecule has 2 aliphatic rings. The van der Waals surface area contributed by atoms with Crippen molar-refractivity contribution in [2.45, 2.75) is 110 Å². The topological polar surface area (TPSA) is 37.3 Å². The standard InChI is InChI=1S/C26H40O2/c1-21-11-10-13-22(12-6-3-4-8-15-25(2)17-18-25)23(21)14-7-5-9-16-26(19-20-26)24(27)28/h10-11,13H,3-9,12,14-20H2,1-2H3,(H,27,28). The van der Waals surface area contributed by atoms with E-state index in [1.54, 1.807) is 11.1 Å². The van der Waals surface area contributed by atoms with Crippen LogP contribution < -0.4 is 0 Å². The van der Waals surface area contributed by atoms with Gasteiger partial charge in [0.15, 0.2) is 0 Å². The lowest BCUT2D eigenvalue weighted by molar-refractivity contribution is -0.143. The van der Waals surface area contributed by atoms with E-state index in [-0.39, 0.29) is 5.41 Å². The largest absolute Gasteiger partial charge is 0.481 e. The van der Waals surface area contributed by atoms with Crippen molar-refractivity contribution in [2.75, 3.05) is 0 Å². The van der Waals surface area contributed by atoms with E-state index in [1.165, 1.54) is 63.4 Å². The number of aliphatic carboxylic acids is 1. The van der Waals surface area contributed by atoms with E-state index >= 15 is 0 Å². The van der Waals surface area contributed by atoms with Gasteiger partial charge in [-0.3, -0.25) is 4.79 Å². The molecule has 0 spiro atoms. The van der Waals surface area contributed by atoms with Crippen molar-refractivity contribution < 1.29 is 9.90 Å². The summed E-state index contributed by atoms with van der Waals surface area (Å²) in [5.41, 5.74) is 4.92. The zero-order valence-electron chi connectivity index (χ0n) is 18.2. The Balaban J connectivity index is 1.35. The maximum absolute atomic E-state index is 11.3. The molecule has 0 heterocycles. The molecule has 2 heteroatoms. The molecule has 0 saturated heterocycles. The van der Waals surface area contributed by atoms with Crippen LogP contribution >= 0.6 is 0 Å². The lowest BCUT2D eigenvalue weighted by Gasteiger charge is -2.14. The third-order valence-electron chi connectivity index (χ3n) is 7.48. The van der Waals surface area contributed by atoms with Crippen LogP contribution in [0.15, 0.2) is 18.2 Å². The fourth-order valence-electron chi connectivity index (χ4n) is 4.70. The molecular formula is C26H40O2. The van der Waals surface area contributed by atoms with Crippen LogP contribution in [0, 0.1) is 17.8 Å². The monoisotopic (exact) mass is 384 g/mol. The molecule has 0 amide bonds. The number of hydrogen-bond donors (Lipinski definition) is 1. The van der Waals surface area contributed by atoms with Crippen LogP contribution in [0.25, 0.3) is 0 Å². The van der Waals surface area contributed by atoms with E-state index in [1.807, 2.05) is 0 Å². The Morgan fingerprint density at radius 2 is 1.54 bits per heavy atom. The zero-order chi connectivity index (χ0) is 20.0. The highest BCUT2D eigenvalue weighted by molar-refractivity contribution is 5.77. The summed E-state index contributed by atoms with van der Waals surface area (Å²) in [5.74, 6) is -0.570. The van der Waals surface area contributed by atoms with Gasteiger partial charge in [0.2, 0.25) is 0 Å². The van der Waals surface area contributed by atoms with E-state index < -0.39 is 5.97 Å². The van der Waals surface area contributed by atoms with Gasteiger partial charge in [-0.15, -0.1) is 0 Å². The molecule has 0 aliphatic heterocycles. The Bertz CT molecular complexity index is 652. The molecular weight excluding hydrogens is 344 g/mol. The third-order valence-corrected chi connectivity index (χ3v) is 7.48. The van der Waals surface area contributed by atoms with Crippen LogP contribution in [0.2, 0.25) is 0 Å².